The number of nitrogens with zero attached hydrogens (tertiary/aromatic N) is 4. The zero-order valence-electron chi connectivity index (χ0n) is 39.1. The molecule has 0 radical (unpaired) electrons. The number of amides is 4. The summed E-state index contributed by atoms with van der Waals surface area (Å²) in [4.78, 5) is 54.6. The number of anilines is 4. The Morgan fingerprint density at radius 2 is 0.824 bits per heavy atom. The molecule has 6 N–H and O–H groups in total. The van der Waals surface area contributed by atoms with E-state index in [-0.39, 0.29) is 77.9 Å². The number of phenolic OH excluding ortho intramolecular Hbond substituents is 2. The molecule has 74 heavy (non-hydrogen) atoms. The largest absolute Gasteiger partial charge is 0.505 e. The van der Waals surface area contributed by atoms with Gasteiger partial charge in [0.05, 0.1) is 46.8 Å². The highest BCUT2D eigenvalue weighted by atomic mass is 35.5. The van der Waals surface area contributed by atoms with Crippen molar-refractivity contribution in [2.75, 3.05) is 35.5 Å². The number of benzene rings is 9. The highest BCUT2D eigenvalue weighted by Gasteiger charge is 2.24. The fourth-order valence-electron chi connectivity index (χ4n) is 7.78. The standard InChI is InChI=1S/C56H40Cl2N8O8/c1-73-47-23-21-33(53(69)59-35-15-5-3-6-16-35)27-45(47)63-65-49-37-19-11-9-13-31(37)25-39(51(49)67)55(71)61-43-30-44(42(58)29-41(43)57)62-56(72)40-26-32-14-10-12-20-38(32)50(52(40)68)66-64-46-28-34(22-24-48(46)74-2)54(70)60-36-17-7-4-8-18-36/h3-30,67-68H,1-2H3,(H,59,69)(H,60,70)(H,61,71)(H,62,72). The Balaban J connectivity index is 0.984. The molecule has 9 aromatic rings. The van der Waals surface area contributed by atoms with Crippen LogP contribution in [0.25, 0.3) is 21.5 Å². The molecule has 0 unspecified atom stereocenters. The first kappa shape index (κ1) is 49.3. The Bertz CT molecular complexity index is 3510. The van der Waals surface area contributed by atoms with E-state index in [4.69, 9.17) is 32.7 Å². The molecule has 0 aliphatic carbocycles. The molecule has 0 bridgehead atoms. The molecular weight excluding hydrogens is 984 g/mol. The highest BCUT2D eigenvalue weighted by molar-refractivity contribution is 6.39. The van der Waals surface area contributed by atoms with E-state index in [2.05, 4.69) is 41.7 Å². The Hall–Kier alpha value is -9.64. The summed E-state index contributed by atoms with van der Waals surface area (Å²) in [7, 11) is 2.87. The van der Waals surface area contributed by atoms with Gasteiger partial charge in [0.25, 0.3) is 23.6 Å². The lowest BCUT2D eigenvalue weighted by molar-refractivity contribution is 0.101. The third-order valence-electron chi connectivity index (χ3n) is 11.5. The number of fused-ring (bicyclic) bond motifs is 2. The predicted octanol–water partition coefficient (Wildman–Crippen LogP) is 14.6. The SMILES string of the molecule is COc1ccc(C(=O)Nc2ccccc2)cc1N=Nc1c(O)c(C(=O)Nc2cc(NC(=O)c3cc4ccccc4c(N=Nc4cc(C(=O)Nc5ccccc5)ccc4OC)c3O)c(Cl)cc2Cl)cc2ccccc12. The fraction of sp³-hybridized carbons (Fsp3) is 0.0357. The lowest BCUT2D eigenvalue weighted by Gasteiger charge is -2.15. The van der Waals surface area contributed by atoms with Crippen LogP contribution < -0.4 is 30.7 Å². The molecule has 0 heterocycles. The topological polar surface area (TPSA) is 225 Å². The maximum absolute atomic E-state index is 14.1. The van der Waals surface area contributed by atoms with E-state index in [1.807, 2.05) is 12.1 Å². The highest BCUT2D eigenvalue weighted by Crippen LogP contribution is 2.44. The van der Waals surface area contributed by atoms with E-state index in [0.29, 0.717) is 32.9 Å². The number of ether oxygens (including phenoxy) is 2. The fourth-order valence-corrected chi connectivity index (χ4v) is 8.26. The first-order valence-corrected chi connectivity index (χ1v) is 23.2. The number of hydrogen-bond donors (Lipinski definition) is 6. The summed E-state index contributed by atoms with van der Waals surface area (Å²) >= 11 is 13.2. The minimum Gasteiger partial charge on any atom is -0.505 e. The Kier molecular flexibility index (Phi) is 14.5. The van der Waals surface area contributed by atoms with Gasteiger partial charge >= 0.3 is 0 Å². The Labute approximate surface area is 431 Å². The number of carbonyl (C=O) groups excluding carboxylic acids is 4. The quantitative estimate of drug-likeness (QED) is 0.0573. The number of para-hydroxylation sites is 2. The third-order valence-corrected chi connectivity index (χ3v) is 12.1. The Morgan fingerprint density at radius 1 is 0.432 bits per heavy atom. The first-order chi connectivity index (χ1) is 35.9. The van der Waals surface area contributed by atoms with Gasteiger partial charge < -0.3 is 41.0 Å². The van der Waals surface area contributed by atoms with E-state index in [1.165, 1.54) is 50.6 Å². The van der Waals surface area contributed by atoms with Crippen molar-refractivity contribution in [1.82, 2.24) is 0 Å². The van der Waals surface area contributed by atoms with Crippen LogP contribution in [0.5, 0.6) is 23.0 Å². The number of phenols is 2. The van der Waals surface area contributed by atoms with Crippen LogP contribution in [0.2, 0.25) is 10.0 Å². The zero-order valence-corrected chi connectivity index (χ0v) is 40.6. The summed E-state index contributed by atoms with van der Waals surface area (Å²) in [5.74, 6) is -2.92. The van der Waals surface area contributed by atoms with E-state index in [9.17, 15) is 29.4 Å². The van der Waals surface area contributed by atoms with Crippen LogP contribution in [-0.2, 0) is 0 Å². The Morgan fingerprint density at radius 3 is 1.23 bits per heavy atom. The van der Waals surface area contributed by atoms with Crippen molar-refractivity contribution in [3.63, 3.8) is 0 Å². The van der Waals surface area contributed by atoms with Crippen molar-refractivity contribution in [2.45, 2.75) is 0 Å². The normalized spacial score (nSPS) is 11.2. The summed E-state index contributed by atoms with van der Waals surface area (Å²) in [5, 5.41) is 53.9. The van der Waals surface area contributed by atoms with E-state index in [1.54, 1.807) is 121 Å². The number of nitrogens with one attached hydrogen (secondary N) is 4. The van der Waals surface area contributed by atoms with E-state index >= 15 is 0 Å². The lowest BCUT2D eigenvalue weighted by atomic mass is 10.0. The van der Waals surface area contributed by atoms with Gasteiger partial charge in [-0.25, -0.2) is 0 Å². The second-order valence-corrected chi connectivity index (χ2v) is 17.0. The molecule has 0 atom stereocenters. The molecule has 0 aliphatic rings. The van der Waals surface area contributed by atoms with E-state index in [0.717, 1.165) is 0 Å². The number of rotatable bonds is 14. The molecule has 16 nitrogen and oxygen atoms in total. The van der Waals surface area contributed by atoms with Crippen molar-refractivity contribution in [2.24, 2.45) is 20.5 Å². The molecule has 18 heteroatoms. The number of azo groups is 2. The monoisotopic (exact) mass is 1020 g/mol. The van der Waals surface area contributed by atoms with Crippen LogP contribution in [0.3, 0.4) is 0 Å². The number of aromatic hydroxyl groups is 2. The van der Waals surface area contributed by atoms with Crippen LogP contribution in [0.1, 0.15) is 41.4 Å². The molecule has 0 aliphatic heterocycles. The summed E-state index contributed by atoms with van der Waals surface area (Å²) in [6, 6.07) is 46.4. The van der Waals surface area contributed by atoms with Crippen molar-refractivity contribution in [3.05, 3.63) is 202 Å². The second-order valence-electron chi connectivity index (χ2n) is 16.2. The molecule has 0 fully saturated rings. The number of hydrogen-bond acceptors (Lipinski definition) is 12. The maximum atomic E-state index is 14.1. The van der Waals surface area contributed by atoms with Crippen LogP contribution in [0, 0.1) is 0 Å². The van der Waals surface area contributed by atoms with Gasteiger partial charge in [0.1, 0.15) is 34.2 Å². The molecule has 4 amide bonds. The zero-order chi connectivity index (χ0) is 51.9. The van der Waals surface area contributed by atoms with Crippen molar-refractivity contribution in [3.8, 4) is 23.0 Å². The van der Waals surface area contributed by atoms with Gasteiger partial charge in [-0.05, 0) is 95.7 Å². The minimum atomic E-state index is -0.815. The third kappa shape index (κ3) is 10.7. The lowest BCUT2D eigenvalue weighted by Crippen LogP contribution is -2.15. The average Bonchev–Trinajstić information content (AvgIpc) is 3.41. The van der Waals surface area contributed by atoms with Crippen LogP contribution in [0.4, 0.5) is 45.5 Å². The van der Waals surface area contributed by atoms with Crippen LogP contribution in [-0.4, -0.2) is 48.1 Å². The molecule has 9 aromatic carbocycles. The molecule has 9 rings (SSSR count). The molecule has 0 saturated heterocycles. The van der Waals surface area contributed by atoms with Gasteiger partial charge in [0.2, 0.25) is 0 Å². The van der Waals surface area contributed by atoms with Gasteiger partial charge in [-0.3, -0.25) is 19.2 Å². The number of halogens is 2. The second kappa shape index (κ2) is 21.8. The molecular formula is C56H40Cl2N8O8. The van der Waals surface area contributed by atoms with Gasteiger partial charge in [0, 0.05) is 33.3 Å². The smallest absolute Gasteiger partial charge is 0.259 e. The van der Waals surface area contributed by atoms with Crippen molar-refractivity contribution in [1.29, 1.82) is 0 Å². The summed E-state index contributed by atoms with van der Waals surface area (Å²) in [6.45, 7) is 0. The molecule has 366 valence electrons. The van der Waals surface area contributed by atoms with Gasteiger partial charge in [-0.1, -0.05) is 108 Å². The predicted molar refractivity (Wildman–Crippen MR) is 287 cm³/mol. The van der Waals surface area contributed by atoms with Gasteiger partial charge in [0.15, 0.2) is 11.5 Å². The molecule has 0 spiro atoms. The number of carbonyl (C=O) groups is 4. The minimum absolute atomic E-state index is 0.00622. The molecule has 0 saturated carbocycles. The van der Waals surface area contributed by atoms with Gasteiger partial charge in [-0.2, -0.15) is 0 Å². The van der Waals surface area contributed by atoms with Crippen LogP contribution >= 0.6 is 23.2 Å². The molecule has 0 aromatic heterocycles. The first-order valence-electron chi connectivity index (χ1n) is 22.4. The average molecular weight is 1020 g/mol. The number of methoxy groups -OCH3 is 2. The van der Waals surface area contributed by atoms with Crippen molar-refractivity contribution >= 4 is 114 Å². The van der Waals surface area contributed by atoms with E-state index < -0.39 is 35.1 Å². The summed E-state index contributed by atoms with van der Waals surface area (Å²) in [5.41, 5.74) is 1.49. The van der Waals surface area contributed by atoms with Crippen LogP contribution in [0.15, 0.2) is 190 Å². The van der Waals surface area contributed by atoms with Gasteiger partial charge in [-0.15, -0.1) is 20.5 Å². The summed E-state index contributed by atoms with van der Waals surface area (Å²) in [6.07, 6.45) is 0. The van der Waals surface area contributed by atoms with Crippen molar-refractivity contribution < 1.29 is 38.9 Å². The maximum Gasteiger partial charge on any atom is 0.259 e. The summed E-state index contributed by atoms with van der Waals surface area (Å²) < 4.78 is 11.0.